The first-order chi connectivity index (χ1) is 16.3. The summed E-state index contributed by atoms with van der Waals surface area (Å²) in [5.74, 6) is -1.64. The molecule has 5 nitrogen and oxygen atoms in total. The zero-order valence-electron chi connectivity index (χ0n) is 18.5. The summed E-state index contributed by atoms with van der Waals surface area (Å²) in [6, 6.07) is 16.2. The van der Waals surface area contributed by atoms with Gasteiger partial charge in [0.05, 0.1) is 22.1 Å². The van der Waals surface area contributed by atoms with Crippen molar-refractivity contribution in [3.8, 4) is 5.75 Å². The molecule has 0 aromatic heterocycles. The molecule has 8 heteroatoms. The second kappa shape index (κ2) is 10.5. The van der Waals surface area contributed by atoms with Crippen LogP contribution in [-0.4, -0.2) is 18.0 Å². The number of hydrogen-bond donors (Lipinski definition) is 0. The molecule has 0 heterocycles. The Morgan fingerprint density at radius 1 is 1.12 bits per heavy atom. The molecule has 1 aliphatic carbocycles. The SMILES string of the molecule is CC1(C(=O)OCc2cccc3ccccc23)CCC(Oc2cc(C(=O)OI)c(Cl)cc2F)CC1. The lowest BCUT2D eigenvalue weighted by Crippen LogP contribution is -2.37. The van der Waals surface area contributed by atoms with Gasteiger partial charge in [0.2, 0.25) is 0 Å². The third-order valence-electron chi connectivity index (χ3n) is 6.37. The Hall–Kier alpha value is -2.39. The fourth-order valence-electron chi connectivity index (χ4n) is 4.28. The van der Waals surface area contributed by atoms with E-state index >= 15 is 0 Å². The predicted octanol–water partition coefficient (Wildman–Crippen LogP) is 7.21. The van der Waals surface area contributed by atoms with Gasteiger partial charge in [-0.3, -0.25) is 4.79 Å². The van der Waals surface area contributed by atoms with Crippen LogP contribution in [0.25, 0.3) is 10.8 Å². The van der Waals surface area contributed by atoms with Crippen molar-refractivity contribution in [3.05, 3.63) is 76.6 Å². The van der Waals surface area contributed by atoms with Crippen LogP contribution in [0.4, 0.5) is 4.39 Å². The third kappa shape index (κ3) is 5.30. The molecule has 1 saturated carbocycles. The number of benzene rings is 3. The Balaban J connectivity index is 1.37. The normalized spacial score (nSPS) is 20.1. The van der Waals surface area contributed by atoms with Gasteiger partial charge in [0.1, 0.15) is 6.61 Å². The molecular weight excluding hydrogens is 574 g/mol. The van der Waals surface area contributed by atoms with Crippen molar-refractivity contribution in [3.63, 3.8) is 0 Å². The zero-order chi connectivity index (χ0) is 24.3. The van der Waals surface area contributed by atoms with Crippen molar-refractivity contribution in [1.29, 1.82) is 0 Å². The summed E-state index contributed by atoms with van der Waals surface area (Å²) < 4.78 is 30.6. The molecule has 4 rings (SSSR count). The average molecular weight is 597 g/mol. The van der Waals surface area contributed by atoms with Crippen LogP contribution in [0.2, 0.25) is 5.02 Å². The number of halogens is 3. The summed E-state index contributed by atoms with van der Waals surface area (Å²) in [6.45, 7) is 2.10. The number of hydrogen-bond acceptors (Lipinski definition) is 5. The van der Waals surface area contributed by atoms with E-state index in [9.17, 15) is 14.0 Å². The Kier molecular flexibility index (Phi) is 7.62. The summed E-state index contributed by atoms with van der Waals surface area (Å²) in [5, 5.41) is 2.12. The maximum Gasteiger partial charge on any atom is 0.349 e. The molecule has 0 saturated heterocycles. The minimum atomic E-state index is -0.680. The van der Waals surface area contributed by atoms with Crippen molar-refractivity contribution in [1.82, 2.24) is 0 Å². The first-order valence-electron chi connectivity index (χ1n) is 10.9. The molecule has 1 aliphatic rings. The van der Waals surface area contributed by atoms with E-state index in [2.05, 4.69) is 3.07 Å². The summed E-state index contributed by atoms with van der Waals surface area (Å²) in [7, 11) is 0. The quantitative estimate of drug-likeness (QED) is 0.222. The molecule has 1 fully saturated rings. The maximum atomic E-state index is 14.4. The Bertz CT molecular complexity index is 1220. The van der Waals surface area contributed by atoms with Gasteiger partial charge in [-0.15, -0.1) is 0 Å². The van der Waals surface area contributed by atoms with Crippen LogP contribution >= 0.6 is 34.6 Å². The Morgan fingerprint density at radius 3 is 2.56 bits per heavy atom. The van der Waals surface area contributed by atoms with Gasteiger partial charge in [-0.05, 0) is 61.1 Å². The molecular formula is C26H23ClFIO5. The molecule has 0 atom stereocenters. The molecule has 0 amide bonds. The van der Waals surface area contributed by atoms with E-state index < -0.39 is 17.2 Å². The number of esters is 1. The van der Waals surface area contributed by atoms with Crippen molar-refractivity contribution < 1.29 is 26.5 Å². The molecule has 0 bridgehead atoms. The van der Waals surface area contributed by atoms with Crippen LogP contribution in [0.3, 0.4) is 0 Å². The average Bonchev–Trinajstić information content (AvgIpc) is 2.85. The molecule has 3 aromatic rings. The lowest BCUT2D eigenvalue weighted by molar-refractivity contribution is -0.159. The summed E-state index contributed by atoms with van der Waals surface area (Å²) in [6.07, 6.45) is 1.90. The molecule has 34 heavy (non-hydrogen) atoms. The van der Waals surface area contributed by atoms with Crippen molar-refractivity contribution in [2.24, 2.45) is 5.41 Å². The highest BCUT2D eigenvalue weighted by Crippen LogP contribution is 2.39. The molecule has 0 aliphatic heterocycles. The van der Waals surface area contributed by atoms with Crippen LogP contribution in [0.1, 0.15) is 48.5 Å². The largest absolute Gasteiger partial charge is 0.487 e. The fourth-order valence-corrected chi connectivity index (χ4v) is 4.75. The standard InChI is InChI=1S/C26H23ClFIO5/c1-26(25(31)32-15-17-7-4-6-16-5-2-3-8-19(16)17)11-9-18(10-12-26)33-23-13-20(24(30)34-29)21(27)14-22(23)28/h2-8,13-14,18H,9-12,15H2,1H3. The monoisotopic (exact) mass is 596 g/mol. The molecule has 0 N–H and O–H groups in total. The maximum absolute atomic E-state index is 14.4. The number of rotatable bonds is 6. The van der Waals surface area contributed by atoms with E-state index in [1.165, 1.54) is 29.1 Å². The minimum Gasteiger partial charge on any atom is -0.487 e. The van der Waals surface area contributed by atoms with Gasteiger partial charge in [-0.1, -0.05) is 54.1 Å². The molecule has 0 radical (unpaired) electrons. The smallest absolute Gasteiger partial charge is 0.349 e. The van der Waals surface area contributed by atoms with E-state index in [4.69, 9.17) is 21.1 Å². The Morgan fingerprint density at radius 2 is 1.82 bits per heavy atom. The minimum absolute atomic E-state index is 0.0325. The van der Waals surface area contributed by atoms with Gasteiger partial charge < -0.3 is 12.5 Å². The van der Waals surface area contributed by atoms with Gasteiger partial charge in [-0.25, -0.2) is 9.18 Å². The van der Waals surface area contributed by atoms with E-state index in [0.717, 1.165) is 22.4 Å². The molecule has 0 spiro atoms. The number of fused-ring (bicyclic) bond motifs is 1. The highest BCUT2D eigenvalue weighted by molar-refractivity contribution is 14.1. The van der Waals surface area contributed by atoms with Gasteiger partial charge >= 0.3 is 11.9 Å². The van der Waals surface area contributed by atoms with Crippen molar-refractivity contribution in [2.75, 3.05) is 0 Å². The van der Waals surface area contributed by atoms with Crippen LogP contribution in [0, 0.1) is 11.2 Å². The van der Waals surface area contributed by atoms with E-state index in [1.807, 2.05) is 49.4 Å². The van der Waals surface area contributed by atoms with E-state index in [-0.39, 0.29) is 35.0 Å². The third-order valence-corrected chi connectivity index (χ3v) is 7.09. The number of carbonyl (C=O) groups excluding carboxylic acids is 2. The van der Waals surface area contributed by atoms with Crippen molar-refractivity contribution >= 4 is 57.3 Å². The lowest BCUT2D eigenvalue weighted by atomic mass is 9.74. The Labute approximate surface area is 216 Å². The second-order valence-electron chi connectivity index (χ2n) is 8.72. The highest BCUT2D eigenvalue weighted by Gasteiger charge is 2.40. The van der Waals surface area contributed by atoms with Crippen LogP contribution in [-0.2, 0) is 19.2 Å². The van der Waals surface area contributed by atoms with Gasteiger partial charge in [0.15, 0.2) is 34.6 Å². The van der Waals surface area contributed by atoms with Gasteiger partial charge in [0.25, 0.3) is 0 Å². The summed E-state index contributed by atoms with van der Waals surface area (Å²) in [4.78, 5) is 24.8. The lowest BCUT2D eigenvalue weighted by Gasteiger charge is -2.35. The summed E-state index contributed by atoms with van der Waals surface area (Å²) >= 11 is 7.39. The van der Waals surface area contributed by atoms with E-state index in [0.29, 0.717) is 25.7 Å². The van der Waals surface area contributed by atoms with Crippen LogP contribution < -0.4 is 4.74 Å². The summed E-state index contributed by atoms with van der Waals surface area (Å²) in [5.41, 5.74) is 0.357. The molecule has 3 aromatic carbocycles. The van der Waals surface area contributed by atoms with Crippen molar-refractivity contribution in [2.45, 2.75) is 45.3 Å². The molecule has 178 valence electrons. The number of carbonyl (C=O) groups is 2. The zero-order valence-corrected chi connectivity index (χ0v) is 21.4. The molecule has 0 unspecified atom stereocenters. The predicted molar refractivity (Wildman–Crippen MR) is 136 cm³/mol. The van der Waals surface area contributed by atoms with Crippen LogP contribution in [0.5, 0.6) is 5.75 Å². The van der Waals surface area contributed by atoms with Gasteiger partial charge in [-0.2, -0.15) is 0 Å². The second-order valence-corrected chi connectivity index (χ2v) is 9.57. The highest BCUT2D eigenvalue weighted by atomic mass is 127. The topological polar surface area (TPSA) is 61.8 Å². The van der Waals surface area contributed by atoms with Crippen LogP contribution in [0.15, 0.2) is 54.6 Å². The first kappa shape index (κ1) is 24.7. The van der Waals surface area contributed by atoms with Gasteiger partial charge in [0, 0.05) is 0 Å². The first-order valence-corrected chi connectivity index (χ1v) is 12.2. The number of ether oxygens (including phenoxy) is 2. The fraction of sp³-hybridized carbons (Fsp3) is 0.308. The van der Waals surface area contributed by atoms with E-state index in [1.54, 1.807) is 0 Å².